The van der Waals surface area contributed by atoms with Crippen LogP contribution >= 0.6 is 0 Å². The minimum Gasteiger partial charge on any atom is -0.250 e. The average molecular weight is 299 g/mol. The fraction of sp³-hybridized carbons (Fsp3) is 0.250. The molecule has 2 N–H and O–H groups in total. The van der Waals surface area contributed by atoms with E-state index in [-0.39, 0.29) is 0 Å². The Morgan fingerprint density at radius 3 is 2.57 bits per heavy atom. The number of halogens is 3. The molecule has 6 nitrogen and oxygen atoms in total. The summed E-state index contributed by atoms with van der Waals surface area (Å²) in [7, 11) is 0. The maximum Gasteiger partial charge on any atom is 0.501 e. The fourth-order valence-electron chi connectivity index (χ4n) is 1.77. The first-order valence-electron chi connectivity index (χ1n) is 6.00. The summed E-state index contributed by atoms with van der Waals surface area (Å²) in [5.74, 6) is 3.92. The summed E-state index contributed by atoms with van der Waals surface area (Å²) in [6.07, 6.45) is -3.24. The Hall–Kier alpha value is -2.42. The summed E-state index contributed by atoms with van der Waals surface area (Å²) in [5.41, 5.74) is 0.476. The minimum absolute atomic E-state index is 0.520. The van der Waals surface area contributed by atoms with Crippen molar-refractivity contribution >= 4 is 5.95 Å². The van der Waals surface area contributed by atoms with Crippen molar-refractivity contribution in [1.82, 2.24) is 14.5 Å². The Kier molecular flexibility index (Phi) is 3.94. The van der Waals surface area contributed by atoms with Gasteiger partial charge in [-0.1, -0.05) is 25.1 Å². The predicted octanol–water partition coefficient (Wildman–Crippen LogP) is 1.39. The second-order valence-corrected chi connectivity index (χ2v) is 4.13. The molecule has 0 fully saturated rings. The highest BCUT2D eigenvalue weighted by Gasteiger charge is 2.37. The molecule has 112 valence electrons. The number of nitrogens with zero attached hydrogens (tertiary/aromatic N) is 4. The molecule has 0 saturated heterocycles. The van der Waals surface area contributed by atoms with E-state index in [1.807, 2.05) is 6.92 Å². The van der Waals surface area contributed by atoms with Gasteiger partial charge in [0.25, 0.3) is 5.95 Å². The molecule has 0 saturated carbocycles. The lowest BCUT2D eigenvalue weighted by atomic mass is 10.1. The van der Waals surface area contributed by atoms with E-state index in [2.05, 4.69) is 9.97 Å². The summed E-state index contributed by atoms with van der Waals surface area (Å²) >= 11 is 0. The van der Waals surface area contributed by atoms with Gasteiger partial charge in [0, 0.05) is 0 Å². The summed E-state index contributed by atoms with van der Waals surface area (Å²) < 4.78 is 38.3. The first kappa shape index (κ1) is 15.0. The van der Waals surface area contributed by atoms with E-state index < -0.39 is 22.9 Å². The van der Waals surface area contributed by atoms with Crippen LogP contribution in [0.1, 0.15) is 12.5 Å². The minimum atomic E-state index is -4.86. The number of benzene rings is 1. The standard InChI is InChI=1S/C12H12F3N5O/c1-2-8-5-3-4-6-9(8)19-7-17-10(18-11(19)21)20(16)12(13,14)15/h3-7H,2,16H2,1H3. The smallest absolute Gasteiger partial charge is 0.250 e. The average Bonchev–Trinajstić information content (AvgIpc) is 2.45. The highest BCUT2D eigenvalue weighted by molar-refractivity contribution is 5.41. The molecule has 0 aliphatic heterocycles. The monoisotopic (exact) mass is 299 g/mol. The van der Waals surface area contributed by atoms with Crippen molar-refractivity contribution in [3.63, 3.8) is 0 Å². The third-order valence-electron chi connectivity index (χ3n) is 2.81. The first-order chi connectivity index (χ1) is 9.84. The van der Waals surface area contributed by atoms with Gasteiger partial charge in [0.1, 0.15) is 6.33 Å². The molecular weight excluding hydrogens is 287 g/mol. The van der Waals surface area contributed by atoms with Gasteiger partial charge in [-0.25, -0.2) is 15.6 Å². The highest BCUT2D eigenvalue weighted by atomic mass is 19.4. The Morgan fingerprint density at radius 2 is 2.00 bits per heavy atom. The Bertz CT molecular complexity index is 698. The largest absolute Gasteiger partial charge is 0.501 e. The maximum absolute atomic E-state index is 12.4. The summed E-state index contributed by atoms with van der Waals surface area (Å²) in [5, 5.41) is -0.607. The number of anilines is 1. The van der Waals surface area contributed by atoms with Gasteiger partial charge in [-0.15, -0.1) is 13.2 Å². The van der Waals surface area contributed by atoms with Crippen molar-refractivity contribution in [1.29, 1.82) is 0 Å². The summed E-state index contributed by atoms with van der Waals surface area (Å²) in [6, 6.07) is 6.97. The number of hydrogen-bond acceptors (Lipinski definition) is 5. The normalized spacial score (nSPS) is 11.5. The van der Waals surface area contributed by atoms with Crippen LogP contribution in [0.4, 0.5) is 19.1 Å². The Balaban J connectivity index is 2.48. The number of hydrogen-bond donors (Lipinski definition) is 1. The SMILES string of the molecule is CCc1ccccc1-n1cnc(N(N)C(F)(F)F)nc1=O. The number of para-hydroxylation sites is 1. The first-order valence-corrected chi connectivity index (χ1v) is 6.00. The number of hydrazine groups is 1. The summed E-state index contributed by atoms with van der Waals surface area (Å²) in [4.78, 5) is 18.7. The Morgan fingerprint density at radius 1 is 1.33 bits per heavy atom. The van der Waals surface area contributed by atoms with Crippen LogP contribution in [0.2, 0.25) is 0 Å². The quantitative estimate of drug-likeness (QED) is 0.526. The molecule has 0 atom stereocenters. The molecule has 1 heterocycles. The second-order valence-electron chi connectivity index (χ2n) is 4.13. The van der Waals surface area contributed by atoms with Crippen LogP contribution in [0.15, 0.2) is 35.4 Å². The van der Waals surface area contributed by atoms with Crippen LogP contribution in [0.25, 0.3) is 5.69 Å². The van der Waals surface area contributed by atoms with E-state index >= 15 is 0 Å². The Labute approximate surface area is 117 Å². The molecule has 2 aromatic rings. The molecule has 1 aromatic carbocycles. The maximum atomic E-state index is 12.4. The molecule has 0 radical (unpaired) electrons. The molecule has 0 unspecified atom stereocenters. The molecule has 1 aromatic heterocycles. The third kappa shape index (κ3) is 3.02. The van der Waals surface area contributed by atoms with Crippen LogP contribution in [0.3, 0.4) is 0 Å². The zero-order chi connectivity index (χ0) is 15.6. The van der Waals surface area contributed by atoms with E-state index in [0.717, 1.165) is 16.5 Å². The van der Waals surface area contributed by atoms with Gasteiger partial charge in [0.05, 0.1) is 5.69 Å². The van der Waals surface area contributed by atoms with Crippen molar-refractivity contribution in [2.24, 2.45) is 5.84 Å². The molecule has 9 heteroatoms. The van der Waals surface area contributed by atoms with Crippen molar-refractivity contribution in [2.45, 2.75) is 19.6 Å². The van der Waals surface area contributed by atoms with Gasteiger partial charge in [0.2, 0.25) is 0 Å². The molecular formula is C12H12F3N5O. The van der Waals surface area contributed by atoms with Gasteiger partial charge >= 0.3 is 12.0 Å². The zero-order valence-corrected chi connectivity index (χ0v) is 11.0. The fourth-order valence-corrected chi connectivity index (χ4v) is 1.77. The second kappa shape index (κ2) is 5.52. The van der Waals surface area contributed by atoms with Gasteiger partial charge < -0.3 is 0 Å². The van der Waals surface area contributed by atoms with Gasteiger partial charge in [-0.2, -0.15) is 9.99 Å². The van der Waals surface area contributed by atoms with Crippen LogP contribution in [-0.4, -0.2) is 20.8 Å². The van der Waals surface area contributed by atoms with Gasteiger partial charge in [-0.05, 0) is 18.1 Å². The topological polar surface area (TPSA) is 77.0 Å². The van der Waals surface area contributed by atoms with Crippen molar-refractivity contribution < 1.29 is 13.2 Å². The molecule has 0 aliphatic rings. The number of rotatable bonds is 3. The number of aryl methyl sites for hydroxylation is 1. The van der Waals surface area contributed by atoms with E-state index in [1.165, 1.54) is 0 Å². The zero-order valence-electron chi connectivity index (χ0n) is 11.0. The lowest BCUT2D eigenvalue weighted by Crippen LogP contribution is -2.46. The third-order valence-corrected chi connectivity index (χ3v) is 2.81. The van der Waals surface area contributed by atoms with Crippen molar-refractivity contribution in [2.75, 3.05) is 5.01 Å². The summed E-state index contributed by atoms with van der Waals surface area (Å²) in [6.45, 7) is 1.89. The molecule has 0 aliphatic carbocycles. The van der Waals surface area contributed by atoms with Crippen LogP contribution in [0.5, 0.6) is 0 Å². The van der Waals surface area contributed by atoms with Gasteiger partial charge in [-0.3, -0.25) is 4.57 Å². The lowest BCUT2D eigenvalue weighted by molar-refractivity contribution is -0.130. The lowest BCUT2D eigenvalue weighted by Gasteiger charge is -2.19. The molecule has 0 bridgehead atoms. The van der Waals surface area contributed by atoms with Crippen LogP contribution in [-0.2, 0) is 6.42 Å². The van der Waals surface area contributed by atoms with E-state index in [9.17, 15) is 18.0 Å². The van der Waals surface area contributed by atoms with Crippen LogP contribution in [0, 0.1) is 0 Å². The van der Waals surface area contributed by atoms with E-state index in [4.69, 9.17) is 5.84 Å². The van der Waals surface area contributed by atoms with Crippen LogP contribution < -0.4 is 16.5 Å². The van der Waals surface area contributed by atoms with Crippen molar-refractivity contribution in [3.05, 3.63) is 46.6 Å². The molecule has 0 amide bonds. The number of aromatic nitrogens is 3. The molecule has 0 spiro atoms. The number of nitrogens with two attached hydrogens (primary N) is 1. The number of alkyl halides is 3. The van der Waals surface area contributed by atoms with E-state index in [1.54, 1.807) is 24.3 Å². The predicted molar refractivity (Wildman–Crippen MR) is 69.7 cm³/mol. The molecule has 2 rings (SSSR count). The van der Waals surface area contributed by atoms with E-state index in [0.29, 0.717) is 12.1 Å². The van der Waals surface area contributed by atoms with Gasteiger partial charge in [0.15, 0.2) is 0 Å². The van der Waals surface area contributed by atoms with Crippen molar-refractivity contribution in [3.8, 4) is 5.69 Å². The molecule has 21 heavy (non-hydrogen) atoms. The highest BCUT2D eigenvalue weighted by Crippen LogP contribution is 2.21.